The Morgan fingerprint density at radius 1 is 0.721 bits per heavy atom. The number of aliphatic hydroxyl groups is 2. The zero-order chi connectivity index (χ0) is 32.2. The van der Waals surface area contributed by atoms with E-state index < -0.39 is 89.7 Å². The van der Waals surface area contributed by atoms with Crippen LogP contribution in [0.15, 0.2) is 0 Å². The van der Waals surface area contributed by atoms with Crippen LogP contribution in [0.4, 0.5) is 0 Å². The maximum Gasteiger partial charge on any atom is 0.400 e. The van der Waals surface area contributed by atoms with Gasteiger partial charge in [-0.15, -0.1) is 0 Å². The third-order valence-electron chi connectivity index (χ3n) is 5.82. The summed E-state index contributed by atoms with van der Waals surface area (Å²) in [5.74, 6) is -6.20. The zero-order valence-corrected chi connectivity index (χ0v) is 24.9. The van der Waals surface area contributed by atoms with Crippen LogP contribution in [0.1, 0.15) is 27.7 Å². The minimum atomic E-state index is -4.08. The summed E-state index contributed by atoms with van der Waals surface area (Å²) in [6.07, 6.45) is -6.20. The van der Waals surface area contributed by atoms with Gasteiger partial charge in [-0.2, -0.15) is 8.42 Å². The lowest BCUT2D eigenvalue weighted by Crippen LogP contribution is -2.55. The lowest BCUT2D eigenvalue weighted by atomic mass is 10.1. The summed E-state index contributed by atoms with van der Waals surface area (Å²) in [7, 11) is -4.08. The van der Waals surface area contributed by atoms with Gasteiger partial charge in [-0.1, -0.05) is 0 Å². The Labute approximate surface area is 248 Å². The second-order valence-corrected chi connectivity index (χ2v) is 10.0. The van der Waals surface area contributed by atoms with Crippen molar-refractivity contribution in [3.63, 3.8) is 0 Å². The van der Waals surface area contributed by atoms with Gasteiger partial charge in [-0.25, -0.2) is 8.37 Å². The van der Waals surface area contributed by atoms with Gasteiger partial charge in [0.1, 0.15) is 24.4 Å². The molecule has 43 heavy (non-hydrogen) atoms. The lowest BCUT2D eigenvalue weighted by Gasteiger charge is -2.39. The quantitative estimate of drug-likeness (QED) is 0.140. The maximum absolute atomic E-state index is 12.0. The topological polar surface area (TPSA) is 235 Å². The third kappa shape index (κ3) is 10.6. The summed E-state index contributed by atoms with van der Waals surface area (Å²) in [5, 5.41) is 18.6. The third-order valence-corrected chi connectivity index (χ3v) is 6.73. The smallest absolute Gasteiger partial charge is 0.400 e. The molecule has 0 saturated carbocycles. The molecule has 3 aliphatic rings. The molecule has 2 N–H and O–H groups in total. The van der Waals surface area contributed by atoms with E-state index in [4.69, 9.17) is 43.0 Å². The summed E-state index contributed by atoms with van der Waals surface area (Å²) in [6.45, 7) is 5.59. The molecule has 0 amide bonds. The Morgan fingerprint density at radius 3 is 1.60 bits per heavy atom. The largest absolute Gasteiger partial charge is 0.465 e. The Balaban J connectivity index is 0.000000304. The predicted octanol–water partition coefficient (Wildman–Crippen LogP) is -2.05. The molecular weight excluding hydrogens is 608 g/mol. The van der Waals surface area contributed by atoms with Crippen molar-refractivity contribution in [2.24, 2.45) is 11.8 Å². The average molecular weight is 647 g/mol. The molecule has 3 rings (SSSR count). The van der Waals surface area contributed by atoms with Crippen LogP contribution < -0.4 is 0 Å². The average Bonchev–Trinajstić information content (AvgIpc) is 2.95. The van der Waals surface area contributed by atoms with Crippen molar-refractivity contribution in [3.05, 3.63) is 0 Å². The van der Waals surface area contributed by atoms with Gasteiger partial charge >= 0.3 is 34.3 Å². The van der Waals surface area contributed by atoms with Gasteiger partial charge in [0.2, 0.25) is 11.8 Å². The van der Waals surface area contributed by atoms with Crippen molar-refractivity contribution in [1.82, 2.24) is 0 Å². The molecule has 3 heterocycles. The van der Waals surface area contributed by atoms with E-state index in [9.17, 15) is 32.7 Å². The minimum Gasteiger partial charge on any atom is -0.465 e. The number of carbonyl (C=O) groups is 4. The fourth-order valence-electron chi connectivity index (χ4n) is 3.84. The number of aliphatic hydroxyl groups excluding tert-OH is 2. The SMILES string of the molecule is CCOC(=O)C(C(=O)OCC)C1OC[C@@H]2OS(=O)(=O)OC[C@H]2O1.CCOC(=O)C(C(=O)OCC)C1OC[C@H](O)[C@@H](CO)O1. The Hall–Kier alpha value is -2.49. The molecule has 0 radical (unpaired) electrons. The highest BCUT2D eigenvalue weighted by Gasteiger charge is 2.48. The van der Waals surface area contributed by atoms with Gasteiger partial charge in [-0.05, 0) is 27.7 Å². The van der Waals surface area contributed by atoms with E-state index in [2.05, 4.69) is 8.37 Å². The highest BCUT2D eigenvalue weighted by Crippen LogP contribution is 2.28. The summed E-state index contributed by atoms with van der Waals surface area (Å²) in [4.78, 5) is 47.6. The molecule has 2 unspecified atom stereocenters. The molecule has 0 bridgehead atoms. The number of fused-ring (bicyclic) bond motifs is 1. The van der Waals surface area contributed by atoms with E-state index in [1.54, 1.807) is 27.7 Å². The summed E-state index contributed by atoms with van der Waals surface area (Å²) < 4.78 is 71.9. The minimum absolute atomic E-state index is 0.0674. The number of hydrogen-bond acceptors (Lipinski definition) is 18. The van der Waals surface area contributed by atoms with Gasteiger partial charge in [0.05, 0.1) is 52.9 Å². The van der Waals surface area contributed by atoms with Gasteiger partial charge in [0, 0.05) is 0 Å². The van der Waals surface area contributed by atoms with E-state index >= 15 is 0 Å². The van der Waals surface area contributed by atoms with Crippen LogP contribution in [-0.2, 0) is 75.8 Å². The first kappa shape index (κ1) is 36.7. The fraction of sp³-hybridized carbons (Fsp3) is 0.833. The van der Waals surface area contributed by atoms with Gasteiger partial charge in [0.15, 0.2) is 12.6 Å². The highest BCUT2D eigenvalue weighted by molar-refractivity contribution is 7.81. The van der Waals surface area contributed by atoms with Crippen LogP contribution in [0.5, 0.6) is 0 Å². The van der Waals surface area contributed by atoms with Crippen LogP contribution >= 0.6 is 0 Å². The number of rotatable bonds is 11. The zero-order valence-electron chi connectivity index (χ0n) is 24.1. The molecule has 248 valence electrons. The maximum atomic E-state index is 12.0. The molecule has 3 fully saturated rings. The predicted molar refractivity (Wildman–Crippen MR) is 136 cm³/mol. The molecule has 18 nitrogen and oxygen atoms in total. The summed E-state index contributed by atoms with van der Waals surface area (Å²) >= 11 is 0. The van der Waals surface area contributed by atoms with E-state index in [0.717, 1.165) is 0 Å². The second kappa shape index (κ2) is 17.7. The Bertz CT molecular complexity index is 997. The fourth-order valence-corrected chi connectivity index (χ4v) is 4.68. The van der Waals surface area contributed by atoms with E-state index in [0.29, 0.717) is 0 Å². The van der Waals surface area contributed by atoms with Crippen LogP contribution in [0.3, 0.4) is 0 Å². The molecule has 0 aliphatic carbocycles. The van der Waals surface area contributed by atoms with Crippen LogP contribution in [0, 0.1) is 11.8 Å². The number of esters is 4. The molecular formula is C24H38O18S. The first-order valence-corrected chi connectivity index (χ1v) is 14.8. The normalized spacial score (nSPS) is 28.1. The van der Waals surface area contributed by atoms with E-state index in [1.807, 2.05) is 0 Å². The van der Waals surface area contributed by atoms with Crippen molar-refractivity contribution >= 4 is 34.3 Å². The van der Waals surface area contributed by atoms with E-state index in [-0.39, 0.29) is 46.2 Å². The number of carbonyl (C=O) groups excluding carboxylic acids is 4. The molecule has 6 atom stereocenters. The highest BCUT2D eigenvalue weighted by atomic mass is 32.3. The monoisotopic (exact) mass is 646 g/mol. The summed E-state index contributed by atoms with van der Waals surface area (Å²) in [5.41, 5.74) is 0. The molecule has 19 heteroatoms. The first-order valence-electron chi connectivity index (χ1n) is 13.5. The van der Waals surface area contributed by atoms with Gasteiger partial charge in [0.25, 0.3) is 0 Å². The molecule has 0 spiro atoms. The Morgan fingerprint density at radius 2 is 1.16 bits per heavy atom. The van der Waals surface area contributed by atoms with Gasteiger partial charge in [-0.3, -0.25) is 19.2 Å². The number of hydrogen-bond donors (Lipinski definition) is 2. The molecule has 0 aromatic carbocycles. The Kier molecular flexibility index (Phi) is 15.1. The summed E-state index contributed by atoms with van der Waals surface area (Å²) in [6, 6.07) is 0. The van der Waals surface area contributed by atoms with Crippen molar-refractivity contribution in [1.29, 1.82) is 0 Å². The molecule has 0 aromatic heterocycles. The standard InChI is InChI=1S/C12H18O10S.C12H20O8/c1-3-17-10(13)9(11(14)18-4-2)12-19-5-8-7(21-12)6-20-23(15,16)22-8;1-3-17-10(15)9(11(16)18-4-2)12-19-6-7(14)8(5-13)20-12/h7-9,12H,3-6H2,1-2H3;7-9,12-14H,3-6H2,1-2H3/t2*7-,8+,12?/m10/s1. The van der Waals surface area contributed by atoms with Crippen molar-refractivity contribution in [2.75, 3.05) is 52.9 Å². The van der Waals surface area contributed by atoms with Crippen molar-refractivity contribution < 1.29 is 84.1 Å². The first-order chi connectivity index (χ1) is 20.4. The van der Waals surface area contributed by atoms with E-state index in [1.165, 1.54) is 0 Å². The number of ether oxygens (including phenoxy) is 8. The van der Waals surface area contributed by atoms with Crippen molar-refractivity contribution in [3.8, 4) is 0 Å². The van der Waals surface area contributed by atoms with Crippen molar-refractivity contribution in [2.45, 2.75) is 64.7 Å². The van der Waals surface area contributed by atoms with Gasteiger partial charge < -0.3 is 48.1 Å². The van der Waals surface area contributed by atoms with Crippen LogP contribution in [-0.4, -0.2) is 132 Å². The van der Waals surface area contributed by atoms with Crippen LogP contribution in [0.2, 0.25) is 0 Å². The molecule has 0 aromatic rings. The van der Waals surface area contributed by atoms with Crippen LogP contribution in [0.25, 0.3) is 0 Å². The molecule has 3 aliphatic heterocycles. The second-order valence-electron chi connectivity index (χ2n) is 8.79. The lowest BCUT2D eigenvalue weighted by molar-refractivity contribution is -0.277. The molecule has 3 saturated heterocycles.